The lowest BCUT2D eigenvalue weighted by atomic mass is 10.2. The van der Waals surface area contributed by atoms with Crippen LogP contribution in [-0.2, 0) is 0 Å². The zero-order valence-corrected chi connectivity index (χ0v) is 9.37. The number of imidazole rings is 1. The van der Waals surface area contributed by atoms with E-state index in [0.29, 0.717) is 0 Å². The van der Waals surface area contributed by atoms with E-state index in [1.807, 2.05) is 19.1 Å². The molecule has 1 aromatic heterocycles. The Hall–Kier alpha value is -2.16. The maximum absolute atomic E-state index is 12.8. The van der Waals surface area contributed by atoms with Gasteiger partial charge in [0.05, 0.1) is 11.0 Å². The summed E-state index contributed by atoms with van der Waals surface area (Å²) in [5.74, 6) is 0.534. The minimum absolute atomic E-state index is 0.235. The van der Waals surface area contributed by atoms with Crippen LogP contribution in [0.15, 0.2) is 42.5 Å². The van der Waals surface area contributed by atoms with Crippen molar-refractivity contribution in [1.82, 2.24) is 9.97 Å². The van der Waals surface area contributed by atoms with Crippen molar-refractivity contribution in [2.75, 3.05) is 0 Å². The Bertz CT molecular complexity index is 668. The summed E-state index contributed by atoms with van der Waals surface area (Å²) in [6.45, 7) is 2.04. The fourth-order valence-electron chi connectivity index (χ4n) is 1.87. The lowest BCUT2D eigenvalue weighted by Gasteiger charge is -1.94. The van der Waals surface area contributed by atoms with Crippen LogP contribution in [0, 0.1) is 12.7 Å². The zero-order valence-electron chi connectivity index (χ0n) is 9.37. The van der Waals surface area contributed by atoms with Gasteiger partial charge in [0, 0.05) is 5.56 Å². The average Bonchev–Trinajstić information content (AvgIpc) is 2.72. The minimum Gasteiger partial charge on any atom is -0.338 e. The molecule has 0 aliphatic carbocycles. The lowest BCUT2D eigenvalue weighted by molar-refractivity contribution is 0.628. The standard InChI is InChI=1S/C14H11FN2/c1-9-2-7-12-13(8-9)17-14(16-12)10-3-5-11(15)6-4-10/h2-8H,1H3,(H,16,17). The van der Waals surface area contributed by atoms with Gasteiger partial charge in [0.2, 0.25) is 0 Å². The van der Waals surface area contributed by atoms with E-state index >= 15 is 0 Å². The highest BCUT2D eigenvalue weighted by atomic mass is 19.1. The van der Waals surface area contributed by atoms with Gasteiger partial charge in [0.15, 0.2) is 0 Å². The van der Waals surface area contributed by atoms with Crippen LogP contribution < -0.4 is 0 Å². The Morgan fingerprint density at radius 1 is 1.06 bits per heavy atom. The van der Waals surface area contributed by atoms with Crippen molar-refractivity contribution in [2.24, 2.45) is 0 Å². The number of hydrogen-bond acceptors (Lipinski definition) is 1. The van der Waals surface area contributed by atoms with Gasteiger partial charge in [-0.15, -0.1) is 0 Å². The number of halogens is 1. The molecule has 0 radical (unpaired) electrons. The van der Waals surface area contributed by atoms with E-state index in [4.69, 9.17) is 0 Å². The van der Waals surface area contributed by atoms with Gasteiger partial charge in [0.1, 0.15) is 11.6 Å². The van der Waals surface area contributed by atoms with Gasteiger partial charge in [-0.3, -0.25) is 0 Å². The van der Waals surface area contributed by atoms with Crippen LogP contribution in [0.4, 0.5) is 4.39 Å². The molecule has 0 saturated heterocycles. The van der Waals surface area contributed by atoms with Gasteiger partial charge in [0.25, 0.3) is 0 Å². The molecule has 84 valence electrons. The predicted molar refractivity (Wildman–Crippen MR) is 66.2 cm³/mol. The van der Waals surface area contributed by atoms with Crippen LogP contribution in [0.25, 0.3) is 22.4 Å². The highest BCUT2D eigenvalue weighted by Gasteiger charge is 2.05. The van der Waals surface area contributed by atoms with Gasteiger partial charge in [-0.25, -0.2) is 9.37 Å². The smallest absolute Gasteiger partial charge is 0.138 e. The van der Waals surface area contributed by atoms with E-state index < -0.39 is 0 Å². The van der Waals surface area contributed by atoms with Crippen molar-refractivity contribution >= 4 is 11.0 Å². The third-order valence-electron chi connectivity index (χ3n) is 2.76. The number of benzene rings is 2. The van der Waals surface area contributed by atoms with Gasteiger partial charge in [-0.05, 0) is 48.9 Å². The molecule has 17 heavy (non-hydrogen) atoms. The number of aromatic nitrogens is 2. The van der Waals surface area contributed by atoms with Crippen LogP contribution in [-0.4, -0.2) is 9.97 Å². The molecule has 0 fully saturated rings. The van der Waals surface area contributed by atoms with Crippen LogP contribution in [0.1, 0.15) is 5.56 Å². The quantitative estimate of drug-likeness (QED) is 0.673. The molecule has 3 rings (SSSR count). The summed E-state index contributed by atoms with van der Waals surface area (Å²) < 4.78 is 12.8. The molecular weight excluding hydrogens is 215 g/mol. The molecule has 0 spiro atoms. The lowest BCUT2D eigenvalue weighted by Crippen LogP contribution is -1.80. The van der Waals surface area contributed by atoms with Crippen molar-refractivity contribution in [1.29, 1.82) is 0 Å². The Kier molecular flexibility index (Phi) is 2.18. The molecule has 0 bridgehead atoms. The van der Waals surface area contributed by atoms with Crippen molar-refractivity contribution < 1.29 is 4.39 Å². The maximum atomic E-state index is 12.8. The predicted octanol–water partition coefficient (Wildman–Crippen LogP) is 3.68. The Balaban J connectivity index is 2.14. The molecule has 0 aliphatic rings. The molecule has 0 unspecified atom stereocenters. The Labute approximate surface area is 98.1 Å². The zero-order chi connectivity index (χ0) is 11.8. The molecule has 0 atom stereocenters. The van der Waals surface area contributed by atoms with E-state index in [9.17, 15) is 4.39 Å². The highest BCUT2D eigenvalue weighted by Crippen LogP contribution is 2.21. The first-order valence-electron chi connectivity index (χ1n) is 5.45. The summed E-state index contributed by atoms with van der Waals surface area (Å²) in [5, 5.41) is 0. The Morgan fingerprint density at radius 3 is 2.59 bits per heavy atom. The average molecular weight is 226 g/mol. The third-order valence-corrected chi connectivity index (χ3v) is 2.76. The third kappa shape index (κ3) is 1.80. The van der Waals surface area contributed by atoms with Gasteiger partial charge < -0.3 is 4.98 Å². The minimum atomic E-state index is -0.235. The van der Waals surface area contributed by atoms with E-state index in [1.165, 1.54) is 17.7 Å². The first kappa shape index (κ1) is 10.0. The number of fused-ring (bicyclic) bond motifs is 1. The molecule has 0 amide bonds. The fourth-order valence-corrected chi connectivity index (χ4v) is 1.87. The number of aryl methyl sites for hydroxylation is 1. The van der Waals surface area contributed by atoms with Gasteiger partial charge in [-0.1, -0.05) is 6.07 Å². The van der Waals surface area contributed by atoms with Crippen molar-refractivity contribution in [3.63, 3.8) is 0 Å². The van der Waals surface area contributed by atoms with Gasteiger partial charge >= 0.3 is 0 Å². The van der Waals surface area contributed by atoms with E-state index in [2.05, 4.69) is 16.0 Å². The van der Waals surface area contributed by atoms with Crippen molar-refractivity contribution in [3.8, 4) is 11.4 Å². The van der Waals surface area contributed by atoms with Crippen LogP contribution in [0.2, 0.25) is 0 Å². The number of hydrogen-bond donors (Lipinski definition) is 1. The van der Waals surface area contributed by atoms with Crippen LogP contribution >= 0.6 is 0 Å². The Morgan fingerprint density at radius 2 is 1.82 bits per heavy atom. The first-order chi connectivity index (χ1) is 8.22. The maximum Gasteiger partial charge on any atom is 0.138 e. The van der Waals surface area contributed by atoms with Crippen LogP contribution in [0.3, 0.4) is 0 Å². The first-order valence-corrected chi connectivity index (χ1v) is 5.45. The summed E-state index contributed by atoms with van der Waals surface area (Å²) in [5.41, 5.74) is 4.01. The molecule has 2 aromatic carbocycles. The molecule has 3 aromatic rings. The van der Waals surface area contributed by atoms with E-state index in [0.717, 1.165) is 22.4 Å². The molecule has 1 heterocycles. The molecule has 3 heteroatoms. The number of H-pyrrole nitrogens is 1. The second-order valence-electron chi connectivity index (χ2n) is 4.11. The van der Waals surface area contributed by atoms with Gasteiger partial charge in [-0.2, -0.15) is 0 Å². The summed E-state index contributed by atoms with van der Waals surface area (Å²) in [6, 6.07) is 12.4. The fraction of sp³-hybridized carbons (Fsp3) is 0.0714. The van der Waals surface area contributed by atoms with Crippen molar-refractivity contribution in [3.05, 3.63) is 53.8 Å². The van der Waals surface area contributed by atoms with Crippen LogP contribution in [0.5, 0.6) is 0 Å². The van der Waals surface area contributed by atoms with E-state index in [1.54, 1.807) is 12.1 Å². The molecular formula is C14H11FN2. The monoisotopic (exact) mass is 226 g/mol. The SMILES string of the molecule is Cc1ccc2nc(-c3ccc(F)cc3)[nH]c2c1. The number of nitrogens with one attached hydrogen (secondary N) is 1. The number of rotatable bonds is 1. The topological polar surface area (TPSA) is 28.7 Å². The summed E-state index contributed by atoms with van der Waals surface area (Å²) in [6.07, 6.45) is 0. The summed E-state index contributed by atoms with van der Waals surface area (Å²) >= 11 is 0. The number of aromatic amines is 1. The number of nitrogens with zero attached hydrogens (tertiary/aromatic N) is 1. The molecule has 0 aliphatic heterocycles. The summed E-state index contributed by atoms with van der Waals surface area (Å²) in [4.78, 5) is 7.71. The normalized spacial score (nSPS) is 10.9. The van der Waals surface area contributed by atoms with E-state index in [-0.39, 0.29) is 5.82 Å². The van der Waals surface area contributed by atoms with Crippen molar-refractivity contribution in [2.45, 2.75) is 6.92 Å². The molecule has 1 N–H and O–H groups in total. The second-order valence-corrected chi connectivity index (χ2v) is 4.11. The molecule has 0 saturated carbocycles. The second kappa shape index (κ2) is 3.70. The largest absolute Gasteiger partial charge is 0.338 e. The highest BCUT2D eigenvalue weighted by molar-refractivity contribution is 5.79. The summed E-state index contributed by atoms with van der Waals surface area (Å²) in [7, 11) is 0. The molecule has 2 nitrogen and oxygen atoms in total.